The van der Waals surface area contributed by atoms with Crippen molar-refractivity contribution in [3.05, 3.63) is 37.3 Å². The predicted molar refractivity (Wildman–Crippen MR) is 70.9 cm³/mol. The van der Waals surface area contributed by atoms with Gasteiger partial charge >= 0.3 is 5.82 Å². The number of benzene rings is 1. The van der Waals surface area contributed by atoms with Crippen LogP contribution in [-0.2, 0) is 0 Å². The van der Waals surface area contributed by atoms with E-state index in [4.69, 9.17) is 11.6 Å². The van der Waals surface area contributed by atoms with Crippen LogP contribution in [0.15, 0.2) is 16.6 Å². The summed E-state index contributed by atoms with van der Waals surface area (Å²) in [6.07, 6.45) is 1.91. The second kappa shape index (κ2) is 4.13. The molecule has 1 aromatic heterocycles. The molecule has 0 unspecified atom stereocenters. The summed E-state index contributed by atoms with van der Waals surface area (Å²) in [4.78, 5) is 10.5. The van der Waals surface area contributed by atoms with Crippen LogP contribution in [0.5, 0.6) is 0 Å². The molecule has 0 radical (unpaired) electrons. The van der Waals surface area contributed by atoms with Crippen molar-refractivity contribution in [3.8, 4) is 0 Å². The summed E-state index contributed by atoms with van der Waals surface area (Å²) in [5, 5.41) is 19.9. The van der Waals surface area contributed by atoms with E-state index in [0.717, 1.165) is 18.2 Å². The molecule has 5 nitrogen and oxygen atoms in total. The van der Waals surface area contributed by atoms with E-state index in [0.29, 0.717) is 20.6 Å². The summed E-state index contributed by atoms with van der Waals surface area (Å²) in [6, 6.07) is 3.45. The maximum Gasteiger partial charge on any atom is 0.394 e. The Balaban J connectivity index is 2.37. The first-order valence-electron chi connectivity index (χ1n) is 5.37. The molecule has 0 N–H and O–H groups in total. The molecular weight excluding hydrogens is 321 g/mol. The lowest BCUT2D eigenvalue weighted by molar-refractivity contribution is -0.390. The first kappa shape index (κ1) is 11.8. The highest BCUT2D eigenvalue weighted by Gasteiger charge is 2.34. The fraction of sp³-hybridized carbons (Fsp3) is 0.273. The number of halogens is 2. The number of nitrogens with zero attached hydrogens (tertiary/aromatic N) is 3. The van der Waals surface area contributed by atoms with Gasteiger partial charge in [-0.2, -0.15) is 0 Å². The Morgan fingerprint density at radius 1 is 1.39 bits per heavy atom. The lowest BCUT2D eigenvalue weighted by atomic mass is 10.1. The van der Waals surface area contributed by atoms with Crippen LogP contribution < -0.4 is 0 Å². The molecule has 92 valence electrons. The molecule has 0 bridgehead atoms. The molecule has 1 saturated carbocycles. The molecule has 7 heteroatoms. The van der Waals surface area contributed by atoms with Crippen LogP contribution in [0.2, 0.25) is 5.02 Å². The third-order valence-corrected chi connectivity index (χ3v) is 4.18. The molecular formula is C11H7BrClN3O2. The second-order valence-electron chi connectivity index (χ2n) is 4.25. The quantitative estimate of drug-likeness (QED) is 0.620. The molecule has 1 aromatic carbocycles. The zero-order valence-electron chi connectivity index (χ0n) is 9.06. The first-order chi connectivity index (χ1) is 8.58. The van der Waals surface area contributed by atoms with Crippen molar-refractivity contribution in [3.63, 3.8) is 0 Å². The van der Waals surface area contributed by atoms with Gasteiger partial charge in [0.2, 0.25) is 0 Å². The van der Waals surface area contributed by atoms with Gasteiger partial charge in [-0.25, -0.2) is 0 Å². The van der Waals surface area contributed by atoms with Gasteiger partial charge in [0.25, 0.3) is 0 Å². The standard InChI is InChI=1S/C11H7BrClN3O2/c12-7-4-9-6(3-8(7)13)10(5-1-2-5)11(15-14-9)16(17)18/h3-5H,1-2H2. The summed E-state index contributed by atoms with van der Waals surface area (Å²) in [5.74, 6) is 0.0593. The summed E-state index contributed by atoms with van der Waals surface area (Å²) in [7, 11) is 0. The molecule has 1 aliphatic rings. The Morgan fingerprint density at radius 3 is 2.72 bits per heavy atom. The summed E-state index contributed by atoms with van der Waals surface area (Å²) in [5.41, 5.74) is 1.29. The molecule has 0 amide bonds. The highest BCUT2D eigenvalue weighted by molar-refractivity contribution is 9.10. The normalized spacial score (nSPS) is 15.0. The van der Waals surface area contributed by atoms with Gasteiger partial charge in [-0.1, -0.05) is 11.6 Å². The van der Waals surface area contributed by atoms with Crippen LogP contribution in [0.3, 0.4) is 0 Å². The number of rotatable bonds is 2. The van der Waals surface area contributed by atoms with Crippen molar-refractivity contribution in [2.45, 2.75) is 18.8 Å². The zero-order chi connectivity index (χ0) is 12.9. The van der Waals surface area contributed by atoms with Crippen LogP contribution in [0.25, 0.3) is 10.9 Å². The molecule has 0 saturated heterocycles. The summed E-state index contributed by atoms with van der Waals surface area (Å²) >= 11 is 9.36. The SMILES string of the molecule is O=[N+]([O-])c1nnc2cc(Br)c(Cl)cc2c1C1CC1. The molecule has 0 atom stereocenters. The Kier molecular flexibility index (Phi) is 2.71. The van der Waals surface area contributed by atoms with E-state index >= 15 is 0 Å². The van der Waals surface area contributed by atoms with Crippen LogP contribution in [0.4, 0.5) is 5.82 Å². The van der Waals surface area contributed by atoms with Crippen molar-refractivity contribution in [1.29, 1.82) is 0 Å². The van der Waals surface area contributed by atoms with Crippen LogP contribution in [0.1, 0.15) is 24.3 Å². The minimum Gasteiger partial charge on any atom is -0.358 e. The summed E-state index contributed by atoms with van der Waals surface area (Å²) in [6.45, 7) is 0. The van der Waals surface area contributed by atoms with E-state index in [1.165, 1.54) is 0 Å². The maximum absolute atomic E-state index is 11.0. The fourth-order valence-corrected chi connectivity index (χ4v) is 2.51. The van der Waals surface area contributed by atoms with E-state index in [2.05, 4.69) is 26.1 Å². The minimum absolute atomic E-state index is 0.150. The van der Waals surface area contributed by atoms with Gasteiger partial charge in [-0.3, -0.25) is 0 Å². The third-order valence-electron chi connectivity index (χ3n) is 2.98. The topological polar surface area (TPSA) is 68.9 Å². The van der Waals surface area contributed by atoms with Gasteiger partial charge in [0.1, 0.15) is 5.52 Å². The smallest absolute Gasteiger partial charge is 0.358 e. The first-order valence-corrected chi connectivity index (χ1v) is 6.54. The van der Waals surface area contributed by atoms with Gasteiger partial charge in [0.05, 0.1) is 15.7 Å². The average molecular weight is 329 g/mol. The molecule has 18 heavy (non-hydrogen) atoms. The number of fused-ring (bicyclic) bond motifs is 1. The van der Waals surface area contributed by atoms with Crippen LogP contribution >= 0.6 is 27.5 Å². The van der Waals surface area contributed by atoms with Crippen LogP contribution in [0, 0.1) is 10.1 Å². The van der Waals surface area contributed by atoms with Gasteiger partial charge in [0, 0.05) is 9.86 Å². The van der Waals surface area contributed by atoms with E-state index in [1.807, 2.05) is 0 Å². The molecule has 1 heterocycles. The predicted octanol–water partition coefficient (Wildman–Crippen LogP) is 3.83. The minimum atomic E-state index is -0.476. The number of hydrogen-bond donors (Lipinski definition) is 0. The molecule has 0 aliphatic heterocycles. The van der Waals surface area contributed by atoms with Gasteiger partial charge < -0.3 is 10.1 Å². The van der Waals surface area contributed by atoms with E-state index in [1.54, 1.807) is 12.1 Å². The molecule has 1 aliphatic carbocycles. The largest absolute Gasteiger partial charge is 0.394 e. The maximum atomic E-state index is 11.0. The van der Waals surface area contributed by atoms with Gasteiger partial charge in [0.15, 0.2) is 0 Å². The Morgan fingerprint density at radius 2 is 2.11 bits per heavy atom. The van der Waals surface area contributed by atoms with Gasteiger partial charge in [-0.05, 0) is 56.8 Å². The molecule has 0 spiro atoms. The Bertz CT molecular complexity index is 673. The second-order valence-corrected chi connectivity index (χ2v) is 5.51. The van der Waals surface area contributed by atoms with Crippen molar-refractivity contribution in [1.82, 2.24) is 10.2 Å². The lowest BCUT2D eigenvalue weighted by Crippen LogP contribution is -2.01. The third kappa shape index (κ3) is 1.85. The van der Waals surface area contributed by atoms with E-state index in [9.17, 15) is 10.1 Å². The van der Waals surface area contributed by atoms with E-state index < -0.39 is 4.92 Å². The Hall–Kier alpha value is -1.27. The molecule has 1 fully saturated rings. The highest BCUT2D eigenvalue weighted by atomic mass is 79.9. The number of nitro groups is 1. The van der Waals surface area contributed by atoms with E-state index in [-0.39, 0.29) is 11.7 Å². The number of aromatic nitrogens is 2. The van der Waals surface area contributed by atoms with Crippen molar-refractivity contribution >= 4 is 44.3 Å². The highest BCUT2D eigenvalue weighted by Crippen LogP contribution is 2.46. The monoisotopic (exact) mass is 327 g/mol. The molecule has 3 rings (SSSR count). The van der Waals surface area contributed by atoms with Gasteiger partial charge in [-0.15, -0.1) is 0 Å². The lowest BCUT2D eigenvalue weighted by Gasteiger charge is -2.05. The molecule has 2 aromatic rings. The van der Waals surface area contributed by atoms with Crippen molar-refractivity contribution < 1.29 is 4.92 Å². The van der Waals surface area contributed by atoms with Crippen molar-refractivity contribution in [2.75, 3.05) is 0 Å². The average Bonchev–Trinajstić information content (AvgIpc) is 3.13. The van der Waals surface area contributed by atoms with Crippen molar-refractivity contribution in [2.24, 2.45) is 0 Å². The Labute approximate surface area is 115 Å². The number of hydrogen-bond acceptors (Lipinski definition) is 4. The fourth-order valence-electron chi connectivity index (χ4n) is 2.02. The summed E-state index contributed by atoms with van der Waals surface area (Å²) < 4.78 is 0.710. The van der Waals surface area contributed by atoms with Crippen LogP contribution in [-0.4, -0.2) is 15.1 Å². The zero-order valence-corrected chi connectivity index (χ0v) is 11.4.